The van der Waals surface area contributed by atoms with E-state index in [1.54, 1.807) is 6.07 Å². The van der Waals surface area contributed by atoms with Gasteiger partial charge in [0.15, 0.2) is 11.5 Å². The predicted molar refractivity (Wildman–Crippen MR) is 88.9 cm³/mol. The van der Waals surface area contributed by atoms with Gasteiger partial charge in [-0.2, -0.15) is 0 Å². The Bertz CT molecular complexity index is 687. The molecule has 0 aliphatic carbocycles. The van der Waals surface area contributed by atoms with Crippen molar-refractivity contribution < 1.29 is 14.3 Å². The minimum absolute atomic E-state index is 0.200. The summed E-state index contributed by atoms with van der Waals surface area (Å²) in [5.74, 6) is 1.07. The van der Waals surface area contributed by atoms with E-state index in [0.29, 0.717) is 11.5 Å². The summed E-state index contributed by atoms with van der Waals surface area (Å²) < 4.78 is 12.4. The van der Waals surface area contributed by atoms with Crippen LogP contribution in [0.15, 0.2) is 42.5 Å². The van der Waals surface area contributed by atoms with Gasteiger partial charge < -0.3 is 14.8 Å². The Morgan fingerprint density at radius 1 is 1.24 bits per heavy atom. The minimum atomic E-state index is -0.640. The monoisotopic (exact) mass is 395 g/mol. The van der Waals surface area contributed by atoms with Gasteiger partial charge in [-0.15, -0.1) is 0 Å². The predicted octanol–water partition coefficient (Wildman–Crippen LogP) is 3.38. The summed E-state index contributed by atoms with van der Waals surface area (Å²) in [4.78, 5) is 12.3. The number of carbonyl (C=O) groups is 1. The van der Waals surface area contributed by atoms with Gasteiger partial charge in [0.05, 0.1) is 0 Å². The Morgan fingerprint density at radius 3 is 2.76 bits per heavy atom. The minimum Gasteiger partial charge on any atom is -0.485 e. The van der Waals surface area contributed by atoms with Crippen LogP contribution in [0.3, 0.4) is 0 Å². The molecule has 0 unspecified atom stereocenters. The molecule has 0 radical (unpaired) electrons. The Hall–Kier alpha value is -1.76. The fourth-order valence-electron chi connectivity index (χ4n) is 2.13. The molecule has 1 aliphatic heterocycles. The zero-order chi connectivity index (χ0) is 14.8. The van der Waals surface area contributed by atoms with Crippen molar-refractivity contribution in [2.75, 3.05) is 11.9 Å². The lowest BCUT2D eigenvalue weighted by molar-refractivity contribution is -0.125. The van der Waals surface area contributed by atoms with E-state index in [1.165, 1.54) is 0 Å². The number of hydrogen-bond donors (Lipinski definition) is 1. The van der Waals surface area contributed by atoms with E-state index < -0.39 is 6.10 Å². The Morgan fingerprint density at radius 2 is 2.00 bits per heavy atom. The third-order valence-electron chi connectivity index (χ3n) is 3.25. The average molecular weight is 395 g/mol. The number of anilines is 1. The number of amides is 1. The van der Waals surface area contributed by atoms with E-state index in [1.807, 2.05) is 43.3 Å². The molecule has 1 heterocycles. The van der Waals surface area contributed by atoms with E-state index in [-0.39, 0.29) is 12.5 Å². The van der Waals surface area contributed by atoms with Crippen molar-refractivity contribution in [2.45, 2.75) is 13.0 Å². The molecule has 0 bridgehead atoms. The van der Waals surface area contributed by atoms with E-state index in [9.17, 15) is 4.79 Å². The van der Waals surface area contributed by atoms with Gasteiger partial charge in [0.25, 0.3) is 5.91 Å². The number of para-hydroxylation sites is 2. The van der Waals surface area contributed by atoms with Gasteiger partial charge in [0.1, 0.15) is 6.61 Å². The van der Waals surface area contributed by atoms with Crippen LogP contribution in [0.4, 0.5) is 5.69 Å². The first-order chi connectivity index (χ1) is 10.1. The van der Waals surface area contributed by atoms with Gasteiger partial charge in [-0.05, 0) is 65.4 Å². The summed E-state index contributed by atoms with van der Waals surface area (Å²) >= 11 is 2.24. The largest absolute Gasteiger partial charge is 0.485 e. The standard InChI is InChI=1S/C16H14INO3/c1-10-8-11(17)6-7-12(10)18-16(19)15-9-20-13-4-2-3-5-14(13)21-15/h2-8,15H,9H2,1H3,(H,18,19)/t15-/m0/s1. The quantitative estimate of drug-likeness (QED) is 0.794. The maximum atomic E-state index is 12.3. The van der Waals surface area contributed by atoms with Crippen LogP contribution in [0.25, 0.3) is 0 Å². The Labute approximate surface area is 136 Å². The number of halogens is 1. The highest BCUT2D eigenvalue weighted by Crippen LogP contribution is 2.31. The van der Waals surface area contributed by atoms with Crippen LogP contribution in [-0.4, -0.2) is 18.6 Å². The lowest BCUT2D eigenvalue weighted by atomic mass is 10.2. The molecule has 2 aromatic carbocycles. The lowest BCUT2D eigenvalue weighted by Crippen LogP contribution is -2.40. The first-order valence-electron chi connectivity index (χ1n) is 6.59. The maximum absolute atomic E-state index is 12.3. The number of aryl methyl sites for hydroxylation is 1. The number of carbonyl (C=O) groups excluding carboxylic acids is 1. The van der Waals surface area contributed by atoms with Crippen molar-refractivity contribution in [3.05, 3.63) is 51.6 Å². The van der Waals surface area contributed by atoms with Crippen LogP contribution < -0.4 is 14.8 Å². The summed E-state index contributed by atoms with van der Waals surface area (Å²) in [6.07, 6.45) is -0.640. The third-order valence-corrected chi connectivity index (χ3v) is 3.92. The molecular formula is C16H14INO3. The topological polar surface area (TPSA) is 47.6 Å². The number of benzene rings is 2. The van der Waals surface area contributed by atoms with E-state index in [2.05, 4.69) is 27.9 Å². The molecule has 1 atom stereocenters. The molecule has 21 heavy (non-hydrogen) atoms. The van der Waals surface area contributed by atoms with Crippen LogP contribution >= 0.6 is 22.6 Å². The number of fused-ring (bicyclic) bond motifs is 1. The highest BCUT2D eigenvalue weighted by atomic mass is 127. The molecule has 3 rings (SSSR count). The van der Waals surface area contributed by atoms with Crippen LogP contribution in [0.2, 0.25) is 0 Å². The molecule has 0 fully saturated rings. The molecular weight excluding hydrogens is 381 g/mol. The molecule has 4 nitrogen and oxygen atoms in total. The Balaban J connectivity index is 1.72. The smallest absolute Gasteiger partial charge is 0.269 e. The molecule has 1 aliphatic rings. The summed E-state index contributed by atoms with van der Waals surface area (Å²) in [6.45, 7) is 2.18. The average Bonchev–Trinajstić information content (AvgIpc) is 2.49. The number of rotatable bonds is 2. The molecule has 0 aromatic heterocycles. The highest BCUT2D eigenvalue weighted by molar-refractivity contribution is 14.1. The summed E-state index contributed by atoms with van der Waals surface area (Å²) in [5.41, 5.74) is 1.82. The van der Waals surface area contributed by atoms with E-state index in [4.69, 9.17) is 9.47 Å². The zero-order valence-corrected chi connectivity index (χ0v) is 13.6. The van der Waals surface area contributed by atoms with Crippen LogP contribution in [0.1, 0.15) is 5.56 Å². The first kappa shape index (κ1) is 14.2. The van der Waals surface area contributed by atoms with Gasteiger partial charge in [0, 0.05) is 9.26 Å². The molecule has 1 amide bonds. The summed E-state index contributed by atoms with van der Waals surface area (Å²) in [7, 11) is 0. The molecule has 0 saturated carbocycles. The molecule has 0 spiro atoms. The van der Waals surface area contributed by atoms with E-state index >= 15 is 0 Å². The van der Waals surface area contributed by atoms with Crippen molar-refractivity contribution in [1.29, 1.82) is 0 Å². The first-order valence-corrected chi connectivity index (χ1v) is 7.67. The lowest BCUT2D eigenvalue weighted by Gasteiger charge is -2.25. The van der Waals surface area contributed by atoms with Crippen LogP contribution in [-0.2, 0) is 4.79 Å². The van der Waals surface area contributed by atoms with Crippen molar-refractivity contribution in [2.24, 2.45) is 0 Å². The van der Waals surface area contributed by atoms with Crippen molar-refractivity contribution in [3.63, 3.8) is 0 Å². The van der Waals surface area contributed by atoms with Gasteiger partial charge >= 0.3 is 0 Å². The highest BCUT2D eigenvalue weighted by Gasteiger charge is 2.27. The number of nitrogens with one attached hydrogen (secondary N) is 1. The molecule has 108 valence electrons. The fraction of sp³-hybridized carbons (Fsp3) is 0.188. The molecule has 1 N–H and O–H groups in total. The second-order valence-electron chi connectivity index (χ2n) is 4.81. The van der Waals surface area contributed by atoms with Gasteiger partial charge in [-0.3, -0.25) is 4.79 Å². The second kappa shape index (κ2) is 5.93. The van der Waals surface area contributed by atoms with Crippen molar-refractivity contribution >= 4 is 34.2 Å². The SMILES string of the molecule is Cc1cc(I)ccc1NC(=O)[C@@H]1COc2ccccc2O1. The molecule has 0 saturated heterocycles. The number of ether oxygens (including phenoxy) is 2. The fourth-order valence-corrected chi connectivity index (χ4v) is 2.78. The normalized spacial score (nSPS) is 16.4. The van der Waals surface area contributed by atoms with Gasteiger partial charge in [0.2, 0.25) is 6.10 Å². The van der Waals surface area contributed by atoms with E-state index in [0.717, 1.165) is 14.8 Å². The van der Waals surface area contributed by atoms with Gasteiger partial charge in [-0.1, -0.05) is 12.1 Å². The van der Waals surface area contributed by atoms with Crippen LogP contribution in [0, 0.1) is 10.5 Å². The summed E-state index contributed by atoms with van der Waals surface area (Å²) in [5, 5.41) is 2.89. The second-order valence-corrected chi connectivity index (χ2v) is 6.06. The Kier molecular flexibility index (Phi) is 4.01. The maximum Gasteiger partial charge on any atom is 0.269 e. The van der Waals surface area contributed by atoms with Crippen molar-refractivity contribution in [3.8, 4) is 11.5 Å². The zero-order valence-electron chi connectivity index (χ0n) is 11.4. The third kappa shape index (κ3) is 3.12. The van der Waals surface area contributed by atoms with Gasteiger partial charge in [-0.25, -0.2) is 0 Å². The number of hydrogen-bond acceptors (Lipinski definition) is 3. The van der Waals surface area contributed by atoms with Crippen LogP contribution in [0.5, 0.6) is 11.5 Å². The van der Waals surface area contributed by atoms with Crippen molar-refractivity contribution in [1.82, 2.24) is 0 Å². The molecule has 2 aromatic rings. The molecule has 5 heteroatoms. The summed E-state index contributed by atoms with van der Waals surface area (Å²) in [6, 6.07) is 13.2.